The molecule has 0 aromatic carbocycles. The van der Waals surface area contributed by atoms with Gasteiger partial charge in [-0.25, -0.2) is 0 Å². The van der Waals surface area contributed by atoms with Gasteiger partial charge in [0.05, 0.1) is 0 Å². The van der Waals surface area contributed by atoms with Crippen LogP contribution in [-0.2, 0) is 387 Å². The Labute approximate surface area is 549 Å². The van der Waals surface area contributed by atoms with E-state index in [1.165, 1.54) is 0 Å². The fraction of sp³-hybridized carbons (Fsp3) is 1.00. The summed E-state index contributed by atoms with van der Waals surface area (Å²) in [5.74, 6) is 0. The van der Waals surface area contributed by atoms with E-state index in [0.29, 0.717) is 0 Å². The van der Waals surface area contributed by atoms with Crippen molar-refractivity contribution >= 4 is 64.8 Å². The quantitative estimate of drug-likeness (QED) is 0.167. The van der Waals surface area contributed by atoms with E-state index in [1.807, 2.05) is 0 Å². The molecule has 0 saturated heterocycles. The Bertz CT molecular complexity index is 345. The van der Waals surface area contributed by atoms with E-state index in [4.69, 9.17) is 0 Å². The molecule has 50 heteroatoms. The Balaban J connectivity index is -0.00000000133. The fourth-order valence-electron chi connectivity index (χ4n) is 0. The van der Waals surface area contributed by atoms with E-state index in [2.05, 4.69) is 0 Å². The zero-order valence-corrected chi connectivity index (χ0v) is 59.5. The summed E-state index contributed by atoms with van der Waals surface area (Å²) in [4.78, 5) is 0. The van der Waals surface area contributed by atoms with Gasteiger partial charge < -0.3 is 153 Å². The third-order valence-electron chi connectivity index (χ3n) is 0. The molecule has 0 saturated carbocycles. The first-order chi connectivity index (χ1) is 10.4. The van der Waals surface area contributed by atoms with Gasteiger partial charge in [-0.2, -0.15) is 0 Å². The first-order valence-electron chi connectivity index (χ1n) is 5.90. The molecule has 6 N–H and O–H groups in total. The van der Waals surface area contributed by atoms with Crippen molar-refractivity contribution in [3.63, 3.8) is 0 Å². The van der Waals surface area contributed by atoms with Gasteiger partial charge in [0, 0.05) is 308 Å². The zero-order valence-electron chi connectivity index (χ0n) is 33.4. The fourth-order valence-corrected chi connectivity index (χ4v) is 0. The molecule has 0 spiro atoms. The minimum Gasteiger partial charge on any atom is -2.00 e. The summed E-state index contributed by atoms with van der Waals surface area (Å²) in [6.45, 7) is 0. The molecule has 34 nitrogen and oxygen atoms in total. The summed E-state index contributed by atoms with van der Waals surface area (Å²) >= 11 is 0. The van der Waals surface area contributed by atoms with Crippen LogP contribution in [0.3, 0.4) is 0 Å². The van der Waals surface area contributed by atoms with Crippen LogP contribution in [0.15, 0.2) is 0 Å². The molecular weight excluding hydrogens is 1810 g/mol. The smallest absolute Gasteiger partial charge is 2.00 e. The van der Waals surface area contributed by atoms with Crippen molar-refractivity contribution in [1.82, 2.24) is 0 Å². The molecule has 62 heavy (non-hydrogen) atoms. The van der Waals surface area contributed by atoms with Crippen LogP contribution in [0, 0.1) is 41.7 Å². The van der Waals surface area contributed by atoms with Crippen LogP contribution < -0.4 is 29.6 Å². The van der Waals surface area contributed by atoms with Crippen molar-refractivity contribution in [2.45, 2.75) is 0 Å². The van der Waals surface area contributed by atoms with Gasteiger partial charge in [-0.1, -0.05) is 0 Å². The van der Waals surface area contributed by atoms with Crippen LogP contribution in [0.2, 0.25) is 0 Å². The number of hydrogen-bond donors (Lipinski definition) is 0. The number of rotatable bonds is 0. The minimum absolute atomic E-state index is 0. The van der Waals surface area contributed by atoms with Crippen LogP contribution in [0.1, 0.15) is 0 Å². The molecule has 0 atom stereocenters. The maximum absolute atomic E-state index is 9.56. The van der Waals surface area contributed by atoms with E-state index >= 15 is 0 Å². The van der Waals surface area contributed by atoms with Crippen LogP contribution in [0.25, 0.3) is 0 Å². The molecule has 0 aromatic heterocycles. The molecule has 0 bridgehead atoms. The monoisotopic (exact) mass is 1870 g/mol. The molecule has 0 amide bonds. The average Bonchev–Trinajstić information content (AvgIpc) is 2.08. The summed E-state index contributed by atoms with van der Waals surface area (Å²) in [7, 11) is -3.67. The largest absolute Gasteiger partial charge is 4.00 e. The molecule has 0 rings (SSSR count). The SMILES string of the molecule is CS(C)=O.CS(C)=O.CS(C)=O.CS(C)=O.CS(C)=O.CS(C)=O.[Ce+4].[Mo].[Mo].[Mo].[Mo].[Mo].[Mo].[Mo].[Mo].[Na+].[O-2].[O-2].[O-2].[O-2].[O-2].[O-2].[O-2].[O-2].[O-2].[O-2].[O-2].[O-2].[O-2].[O-2].[O-2].[O-2].[O-2].[O-2].[O-2].[O-2].[O-2].[O-2].[O-2].[O-2].[O-2].[O-2].[OH3+].[OH3+]. The van der Waals surface area contributed by atoms with Crippen LogP contribution >= 0.6 is 0 Å². The molecule has 0 fully saturated rings. The molecule has 0 unspecified atom stereocenters. The first-order valence-corrected chi connectivity index (χ1v) is 17.7. The second-order valence-electron chi connectivity index (χ2n) is 4.45. The molecule has 0 radical (unpaired) electrons. The Kier molecular flexibility index (Phi) is 3840. The predicted molar refractivity (Wildman–Crippen MR) is 148 cm³/mol. The van der Waals surface area contributed by atoms with E-state index < -0.39 is 64.8 Å². The average molecular weight is 1850 g/mol. The van der Waals surface area contributed by atoms with Crippen molar-refractivity contribution in [1.29, 1.82) is 0 Å². The standard InChI is InChI=1S/6C2H6OS.Ce.8Mo.Na.2H2O.26O/c6*1-4(2)3;;;;;;;;;;;;;;;;;;;;;;;;;;;;;;;;;;;;;;/h6*1-2H3;;;;;;;;;;;2*1H2;;;;;;;;;;;;;;;;;;;;;;;;;;/q;;;;;;+4;;;;;;;;;+1;;;26*-2/p+2. The Morgan fingerprint density at radius 1 is 0.177 bits per heavy atom. The summed E-state index contributed by atoms with van der Waals surface area (Å²) < 4.78 is 57.3. The van der Waals surface area contributed by atoms with Crippen molar-refractivity contribution in [2.24, 2.45) is 0 Å². The molecule has 0 aliphatic rings. The third-order valence-corrected chi connectivity index (χ3v) is 0. The van der Waals surface area contributed by atoms with Crippen LogP contribution in [0.4, 0.5) is 0 Å². The van der Waals surface area contributed by atoms with E-state index in [0.717, 1.165) is 0 Å². The van der Waals surface area contributed by atoms with E-state index in [9.17, 15) is 25.3 Å². The topological polar surface area (TPSA) is 909 Å². The van der Waals surface area contributed by atoms with Gasteiger partial charge in [-0.05, 0) is 0 Å². The first kappa shape index (κ1) is 499. The third kappa shape index (κ3) is 5120. The normalized spacial score (nSPS) is 3.39. The molecule has 0 heterocycles. The second-order valence-corrected chi connectivity index (χ2v) is 13.3. The van der Waals surface area contributed by atoms with Gasteiger partial charge in [-0.3, -0.25) is 25.3 Å². The maximum Gasteiger partial charge on any atom is 4.00 e. The van der Waals surface area contributed by atoms with Crippen molar-refractivity contribution in [2.75, 3.05) is 75.1 Å². The predicted octanol–water partition coefficient (Wildman–Crippen LogP) is -7.98. The molecule has 428 valence electrons. The van der Waals surface area contributed by atoms with Gasteiger partial charge in [0.15, 0.2) is 0 Å². The summed E-state index contributed by atoms with van der Waals surface area (Å²) in [5.41, 5.74) is 0. The van der Waals surface area contributed by atoms with Gasteiger partial charge >= 0.3 is 71.3 Å². The molecule has 0 aliphatic heterocycles. The van der Waals surface area contributed by atoms with Gasteiger partial charge in [0.1, 0.15) is 0 Å². The van der Waals surface area contributed by atoms with Gasteiger partial charge in [-0.15, -0.1) is 0 Å². The van der Waals surface area contributed by atoms with Crippen LogP contribution in [-0.4, -0.2) is 100 Å². The Morgan fingerprint density at radius 2 is 0.177 bits per heavy atom. The molecular formula is C12H42CeMo8NaO34S6-45. The van der Waals surface area contributed by atoms with Gasteiger partial charge in [0.2, 0.25) is 0 Å². The van der Waals surface area contributed by atoms with Gasteiger partial charge in [0.25, 0.3) is 0 Å². The van der Waals surface area contributed by atoms with Crippen LogP contribution in [0.5, 0.6) is 0 Å². The Hall–Kier alpha value is 7.66. The summed E-state index contributed by atoms with van der Waals surface area (Å²) in [6.07, 6.45) is 19.7. The van der Waals surface area contributed by atoms with Crippen molar-refractivity contribution < 1.29 is 418 Å². The maximum atomic E-state index is 9.56. The second kappa shape index (κ2) is 477. The Morgan fingerprint density at radius 3 is 0.177 bits per heavy atom. The zero-order chi connectivity index (χ0) is 21.5. The van der Waals surface area contributed by atoms with E-state index in [1.54, 1.807) is 75.1 Å². The number of hydrogen-bond acceptors (Lipinski definition) is 6. The van der Waals surface area contributed by atoms with Crippen molar-refractivity contribution in [3.05, 3.63) is 0 Å². The summed E-state index contributed by atoms with van der Waals surface area (Å²) in [5, 5.41) is 0. The van der Waals surface area contributed by atoms with E-state index in [-0.39, 0.29) is 393 Å². The molecule has 0 aromatic rings. The minimum atomic E-state index is -0.611. The molecule has 0 aliphatic carbocycles. The summed E-state index contributed by atoms with van der Waals surface area (Å²) in [6, 6.07) is 0. The van der Waals surface area contributed by atoms with Crippen molar-refractivity contribution in [3.8, 4) is 0 Å².